The van der Waals surface area contributed by atoms with Crippen LogP contribution < -0.4 is 0 Å². The van der Waals surface area contributed by atoms with Crippen LogP contribution in [0.15, 0.2) is 0 Å². The Bertz CT molecular complexity index is 162. The van der Waals surface area contributed by atoms with Gasteiger partial charge in [0.1, 0.15) is 0 Å². The van der Waals surface area contributed by atoms with E-state index in [-0.39, 0.29) is 0 Å². The zero-order chi connectivity index (χ0) is 9.68. The quantitative estimate of drug-likeness (QED) is 0.520. The molecule has 0 aromatic carbocycles. The van der Waals surface area contributed by atoms with Crippen LogP contribution in [0.4, 0.5) is 4.79 Å². The molecule has 2 atom stereocenters. The molecule has 1 fully saturated rings. The van der Waals surface area contributed by atoms with Gasteiger partial charge in [0.25, 0.3) is 0 Å². The third kappa shape index (κ3) is 4.10. The van der Waals surface area contributed by atoms with Crippen LogP contribution in [-0.2, 0) is 14.2 Å². The van der Waals surface area contributed by atoms with E-state index in [1.807, 2.05) is 0 Å². The van der Waals surface area contributed by atoms with Crippen molar-refractivity contribution in [2.75, 3.05) is 6.61 Å². The van der Waals surface area contributed by atoms with E-state index in [1.54, 1.807) is 0 Å². The van der Waals surface area contributed by atoms with Crippen LogP contribution in [0, 0.1) is 0 Å². The summed E-state index contributed by atoms with van der Waals surface area (Å²) in [6.07, 6.45) is 0.116. The standard InChI is InChI=1S/C8H14O5/c1-6(9)12-8(10)13-7-4-2-3-5-11-7/h6-7,9H,2-5H2,1H3. The molecule has 1 rings (SSSR count). The molecule has 13 heavy (non-hydrogen) atoms. The van der Waals surface area contributed by atoms with Crippen LogP contribution in [0.25, 0.3) is 0 Å². The summed E-state index contributed by atoms with van der Waals surface area (Å²) < 4.78 is 14.3. The van der Waals surface area contributed by atoms with Gasteiger partial charge in [-0.05, 0) is 19.8 Å². The van der Waals surface area contributed by atoms with Gasteiger partial charge in [0.2, 0.25) is 12.6 Å². The second-order valence-corrected chi connectivity index (χ2v) is 2.88. The molecule has 1 aliphatic rings. The van der Waals surface area contributed by atoms with Crippen molar-refractivity contribution in [1.82, 2.24) is 0 Å². The maximum atomic E-state index is 10.8. The Hall–Kier alpha value is -0.810. The third-order valence-electron chi connectivity index (χ3n) is 1.63. The summed E-state index contributed by atoms with van der Waals surface area (Å²) in [4.78, 5) is 10.8. The van der Waals surface area contributed by atoms with Crippen molar-refractivity contribution >= 4 is 6.16 Å². The van der Waals surface area contributed by atoms with Gasteiger partial charge in [-0.2, -0.15) is 0 Å². The average molecular weight is 190 g/mol. The highest BCUT2D eigenvalue weighted by Gasteiger charge is 2.19. The normalized spacial score (nSPS) is 24.9. The molecule has 0 aromatic heterocycles. The van der Waals surface area contributed by atoms with Crippen LogP contribution in [0.5, 0.6) is 0 Å². The highest BCUT2D eigenvalue weighted by molar-refractivity contribution is 5.60. The number of carbonyl (C=O) groups is 1. The fourth-order valence-corrected chi connectivity index (χ4v) is 1.08. The highest BCUT2D eigenvalue weighted by atomic mass is 16.8. The molecule has 0 amide bonds. The summed E-state index contributed by atoms with van der Waals surface area (Å²) in [5.41, 5.74) is 0. The minimum absolute atomic E-state index is 0.514. The number of ether oxygens (including phenoxy) is 3. The molecule has 0 aromatic rings. The van der Waals surface area contributed by atoms with Crippen LogP contribution >= 0.6 is 0 Å². The van der Waals surface area contributed by atoms with E-state index in [9.17, 15) is 4.79 Å². The highest BCUT2D eigenvalue weighted by Crippen LogP contribution is 2.14. The first kappa shape index (κ1) is 10.3. The Kier molecular flexibility index (Phi) is 3.98. The lowest BCUT2D eigenvalue weighted by Crippen LogP contribution is -2.27. The monoisotopic (exact) mass is 190 g/mol. The molecular weight excluding hydrogens is 176 g/mol. The van der Waals surface area contributed by atoms with Gasteiger partial charge in [-0.25, -0.2) is 4.79 Å². The van der Waals surface area contributed by atoms with Gasteiger partial charge in [0.05, 0.1) is 6.61 Å². The zero-order valence-electron chi connectivity index (χ0n) is 7.56. The zero-order valence-corrected chi connectivity index (χ0v) is 7.56. The maximum absolute atomic E-state index is 10.8. The van der Waals surface area contributed by atoms with Crippen molar-refractivity contribution in [2.45, 2.75) is 38.8 Å². The molecular formula is C8H14O5. The molecule has 0 radical (unpaired) electrons. The SMILES string of the molecule is CC(O)OC(=O)OC1CCCCO1. The largest absolute Gasteiger partial charge is 0.512 e. The van der Waals surface area contributed by atoms with Crippen LogP contribution in [0.1, 0.15) is 26.2 Å². The van der Waals surface area contributed by atoms with E-state index in [1.165, 1.54) is 6.92 Å². The Balaban J connectivity index is 2.18. The molecule has 1 heterocycles. The Morgan fingerprint density at radius 1 is 1.62 bits per heavy atom. The third-order valence-corrected chi connectivity index (χ3v) is 1.63. The first-order valence-corrected chi connectivity index (χ1v) is 4.35. The summed E-state index contributed by atoms with van der Waals surface area (Å²) in [6, 6.07) is 0. The molecule has 2 unspecified atom stereocenters. The van der Waals surface area contributed by atoms with Crippen molar-refractivity contribution in [3.8, 4) is 0 Å². The lowest BCUT2D eigenvalue weighted by molar-refractivity contribution is -0.159. The van der Waals surface area contributed by atoms with Crippen molar-refractivity contribution in [1.29, 1.82) is 0 Å². The van der Waals surface area contributed by atoms with E-state index < -0.39 is 18.7 Å². The van der Waals surface area contributed by atoms with Crippen molar-refractivity contribution < 1.29 is 24.1 Å². The van der Waals surface area contributed by atoms with E-state index in [2.05, 4.69) is 4.74 Å². The lowest BCUT2D eigenvalue weighted by Gasteiger charge is -2.22. The molecule has 5 nitrogen and oxygen atoms in total. The second-order valence-electron chi connectivity index (χ2n) is 2.88. The first-order chi connectivity index (χ1) is 6.18. The number of rotatable bonds is 2. The summed E-state index contributed by atoms with van der Waals surface area (Å²) >= 11 is 0. The molecule has 1 aliphatic heterocycles. The van der Waals surface area contributed by atoms with Gasteiger partial charge in [0, 0.05) is 6.42 Å². The van der Waals surface area contributed by atoms with E-state index in [0.29, 0.717) is 13.0 Å². The number of aliphatic hydroxyl groups excluding tert-OH is 1. The van der Waals surface area contributed by atoms with Gasteiger partial charge < -0.3 is 19.3 Å². The number of aliphatic hydroxyl groups is 1. The lowest BCUT2D eigenvalue weighted by atomic mass is 10.2. The topological polar surface area (TPSA) is 65.0 Å². The molecule has 5 heteroatoms. The van der Waals surface area contributed by atoms with Crippen molar-refractivity contribution in [3.05, 3.63) is 0 Å². The van der Waals surface area contributed by atoms with Crippen LogP contribution in [0.3, 0.4) is 0 Å². The molecule has 76 valence electrons. The maximum Gasteiger partial charge on any atom is 0.512 e. The van der Waals surface area contributed by atoms with Gasteiger partial charge in [-0.15, -0.1) is 0 Å². The Morgan fingerprint density at radius 2 is 2.38 bits per heavy atom. The smallest absolute Gasteiger partial charge is 0.405 e. The fraction of sp³-hybridized carbons (Fsp3) is 0.875. The first-order valence-electron chi connectivity index (χ1n) is 4.35. The summed E-state index contributed by atoms with van der Waals surface area (Å²) in [5.74, 6) is 0. The van der Waals surface area contributed by atoms with E-state index in [4.69, 9.17) is 14.6 Å². The van der Waals surface area contributed by atoms with Crippen LogP contribution in [0.2, 0.25) is 0 Å². The Labute approximate surface area is 76.6 Å². The molecule has 0 saturated carbocycles. The average Bonchev–Trinajstić information content (AvgIpc) is 2.04. The fourth-order valence-electron chi connectivity index (χ4n) is 1.08. The predicted octanol–water partition coefficient (Wildman–Crippen LogP) is 1.00. The van der Waals surface area contributed by atoms with Crippen molar-refractivity contribution in [3.63, 3.8) is 0 Å². The van der Waals surface area contributed by atoms with Gasteiger partial charge in [-0.1, -0.05) is 0 Å². The molecule has 1 N–H and O–H groups in total. The van der Waals surface area contributed by atoms with Gasteiger partial charge >= 0.3 is 6.16 Å². The second kappa shape index (κ2) is 5.04. The van der Waals surface area contributed by atoms with Gasteiger partial charge in [0.15, 0.2) is 0 Å². The molecule has 0 aliphatic carbocycles. The van der Waals surface area contributed by atoms with E-state index >= 15 is 0 Å². The molecule has 0 bridgehead atoms. The number of carbonyl (C=O) groups excluding carboxylic acids is 1. The summed E-state index contributed by atoms with van der Waals surface area (Å²) in [5, 5.41) is 8.69. The minimum atomic E-state index is -1.14. The molecule has 1 saturated heterocycles. The summed E-state index contributed by atoms with van der Waals surface area (Å²) in [7, 11) is 0. The Morgan fingerprint density at radius 3 is 2.92 bits per heavy atom. The number of hydrogen-bond acceptors (Lipinski definition) is 5. The predicted molar refractivity (Wildman–Crippen MR) is 42.8 cm³/mol. The van der Waals surface area contributed by atoms with Crippen molar-refractivity contribution in [2.24, 2.45) is 0 Å². The van der Waals surface area contributed by atoms with E-state index in [0.717, 1.165) is 12.8 Å². The number of hydrogen-bond donors (Lipinski definition) is 1. The minimum Gasteiger partial charge on any atom is -0.405 e. The van der Waals surface area contributed by atoms with Crippen LogP contribution in [-0.4, -0.2) is 30.4 Å². The molecule has 0 spiro atoms. The summed E-state index contributed by atoms with van der Waals surface area (Å²) in [6.45, 7) is 1.94. The van der Waals surface area contributed by atoms with Gasteiger partial charge in [-0.3, -0.25) is 0 Å².